The summed E-state index contributed by atoms with van der Waals surface area (Å²) in [7, 11) is 2.02. The number of aromatic nitrogens is 2. The van der Waals surface area contributed by atoms with Crippen LogP contribution >= 0.6 is 11.3 Å². The van der Waals surface area contributed by atoms with E-state index < -0.39 is 0 Å². The molecule has 0 aliphatic rings. The Balaban J connectivity index is 1.97. The number of para-hydroxylation sites is 1. The summed E-state index contributed by atoms with van der Waals surface area (Å²) in [6.07, 6.45) is 0. The lowest BCUT2D eigenvalue weighted by atomic mass is 10.1. The fourth-order valence-corrected chi connectivity index (χ4v) is 4.06. The highest BCUT2D eigenvalue weighted by molar-refractivity contribution is 7.12. The third-order valence-corrected chi connectivity index (χ3v) is 5.72. The lowest BCUT2D eigenvalue weighted by molar-refractivity contribution is -0.660. The van der Waals surface area contributed by atoms with Gasteiger partial charge in [0.15, 0.2) is 0 Å². The number of hydrogen-bond acceptors (Lipinski definition) is 3. The van der Waals surface area contributed by atoms with Gasteiger partial charge in [0.05, 0.1) is 23.4 Å². The van der Waals surface area contributed by atoms with Crippen LogP contribution in [0.3, 0.4) is 0 Å². The van der Waals surface area contributed by atoms with Crippen molar-refractivity contribution in [3.8, 4) is 11.3 Å². The third kappa shape index (κ3) is 2.74. The van der Waals surface area contributed by atoms with Gasteiger partial charge in [-0.25, -0.2) is 4.57 Å². The molecule has 5 heteroatoms. The van der Waals surface area contributed by atoms with Crippen molar-refractivity contribution in [3.63, 3.8) is 0 Å². The zero-order valence-electron chi connectivity index (χ0n) is 15.2. The Hall–Kier alpha value is -2.79. The molecule has 26 heavy (non-hydrogen) atoms. The molecular weight excluding hydrogens is 340 g/mol. The van der Waals surface area contributed by atoms with E-state index in [-0.39, 0.29) is 0 Å². The largest absolute Gasteiger partial charge is 0.408 e. The van der Waals surface area contributed by atoms with Crippen LogP contribution in [0.2, 0.25) is 0 Å². The highest BCUT2D eigenvalue weighted by Crippen LogP contribution is 2.40. The fraction of sp³-hybridized carbons (Fsp3) is 0.190. The molecule has 4 rings (SSSR count). The van der Waals surface area contributed by atoms with Crippen molar-refractivity contribution in [3.05, 3.63) is 65.7 Å². The summed E-state index contributed by atoms with van der Waals surface area (Å²) in [6, 6.07) is 18.9. The number of aryl methyl sites for hydroxylation is 2. The zero-order chi connectivity index (χ0) is 18.1. The van der Waals surface area contributed by atoms with Gasteiger partial charge in [0.2, 0.25) is 0 Å². The van der Waals surface area contributed by atoms with Gasteiger partial charge in [-0.05, 0) is 36.4 Å². The summed E-state index contributed by atoms with van der Waals surface area (Å²) in [5, 5.41) is 13.4. The molecule has 0 aliphatic heterocycles. The predicted octanol–water partition coefficient (Wildman–Crippen LogP) is 5.94. The first-order chi connectivity index (χ1) is 12.7. The quantitative estimate of drug-likeness (QED) is 0.318. The molecule has 4 nitrogen and oxygen atoms in total. The molecule has 0 unspecified atom stereocenters. The van der Waals surface area contributed by atoms with Crippen molar-refractivity contribution >= 4 is 33.1 Å². The lowest BCUT2D eigenvalue weighted by Gasteiger charge is -2.08. The van der Waals surface area contributed by atoms with E-state index >= 15 is 0 Å². The Kier molecular flexibility index (Phi) is 4.39. The van der Waals surface area contributed by atoms with E-state index in [9.17, 15) is 0 Å². The molecule has 2 aromatic carbocycles. The molecule has 0 spiro atoms. The second-order valence-electron chi connectivity index (χ2n) is 6.24. The molecule has 0 saturated heterocycles. The highest BCUT2D eigenvalue weighted by Gasteiger charge is 2.20. The molecule has 0 saturated carbocycles. The molecule has 2 heterocycles. The molecule has 130 valence electrons. The van der Waals surface area contributed by atoms with E-state index in [1.165, 1.54) is 11.2 Å². The van der Waals surface area contributed by atoms with Crippen LogP contribution < -0.4 is 4.57 Å². The summed E-state index contributed by atoms with van der Waals surface area (Å²) in [5.74, 6) is 0. The van der Waals surface area contributed by atoms with Gasteiger partial charge in [-0.2, -0.15) is 0 Å². The van der Waals surface area contributed by atoms with Gasteiger partial charge < -0.3 is 4.57 Å². The van der Waals surface area contributed by atoms with Crippen LogP contribution in [-0.2, 0) is 13.6 Å². The SMILES string of the molecule is CCn1c(-c2ccccc2)c(N=Nc2scc(C)[n+]2C)c2ccccc21. The molecule has 0 radical (unpaired) electrons. The number of nitrogens with zero attached hydrogens (tertiary/aromatic N) is 4. The van der Waals surface area contributed by atoms with Crippen LogP contribution in [0.4, 0.5) is 10.8 Å². The number of azo groups is 1. The van der Waals surface area contributed by atoms with Crippen LogP contribution in [0, 0.1) is 6.92 Å². The second kappa shape index (κ2) is 6.84. The van der Waals surface area contributed by atoms with Gasteiger partial charge in [0.25, 0.3) is 0 Å². The zero-order valence-corrected chi connectivity index (χ0v) is 16.0. The molecule has 0 N–H and O–H groups in total. The van der Waals surface area contributed by atoms with Gasteiger partial charge in [0.1, 0.15) is 11.4 Å². The first-order valence-electron chi connectivity index (χ1n) is 8.73. The van der Waals surface area contributed by atoms with Crippen molar-refractivity contribution in [2.45, 2.75) is 20.4 Å². The number of rotatable bonds is 4. The number of fused-ring (bicyclic) bond motifs is 1. The van der Waals surface area contributed by atoms with Gasteiger partial charge in [0, 0.05) is 22.9 Å². The van der Waals surface area contributed by atoms with E-state index in [0.29, 0.717) is 0 Å². The Bertz CT molecular complexity index is 1090. The highest BCUT2D eigenvalue weighted by atomic mass is 32.1. The molecule has 2 aromatic heterocycles. The molecular formula is C21H21N4S+. The molecule has 0 aliphatic carbocycles. The Morgan fingerprint density at radius 3 is 2.42 bits per heavy atom. The van der Waals surface area contributed by atoms with Crippen LogP contribution in [0.1, 0.15) is 12.6 Å². The standard InChI is InChI=1S/C21H21N4S/c1-4-25-18-13-9-8-12-17(18)19(20(25)16-10-6-5-7-11-16)22-23-21-24(3)15(2)14-26-21/h5-14H,4H2,1-3H3/q+1. The third-order valence-electron chi connectivity index (χ3n) is 4.69. The van der Waals surface area contributed by atoms with E-state index in [1.807, 2.05) is 13.1 Å². The minimum absolute atomic E-state index is 0.881. The average Bonchev–Trinajstić information content (AvgIpc) is 3.18. The van der Waals surface area contributed by atoms with Crippen molar-refractivity contribution < 1.29 is 4.57 Å². The summed E-state index contributed by atoms with van der Waals surface area (Å²) in [4.78, 5) is 0. The number of benzene rings is 2. The average molecular weight is 361 g/mol. The molecule has 0 amide bonds. The van der Waals surface area contributed by atoms with Gasteiger partial charge >= 0.3 is 5.13 Å². The first-order valence-corrected chi connectivity index (χ1v) is 9.61. The summed E-state index contributed by atoms with van der Waals surface area (Å²) in [5.41, 5.74) is 5.58. The van der Waals surface area contributed by atoms with Gasteiger partial charge in [-0.3, -0.25) is 0 Å². The topological polar surface area (TPSA) is 33.5 Å². The van der Waals surface area contributed by atoms with Crippen molar-refractivity contribution in [1.29, 1.82) is 0 Å². The predicted molar refractivity (Wildman–Crippen MR) is 107 cm³/mol. The van der Waals surface area contributed by atoms with E-state index in [1.54, 1.807) is 11.3 Å². The summed E-state index contributed by atoms with van der Waals surface area (Å²) in [6.45, 7) is 5.13. The summed E-state index contributed by atoms with van der Waals surface area (Å²) < 4.78 is 4.38. The Morgan fingerprint density at radius 2 is 1.73 bits per heavy atom. The second-order valence-corrected chi connectivity index (χ2v) is 7.08. The van der Waals surface area contributed by atoms with Crippen LogP contribution in [0.5, 0.6) is 0 Å². The van der Waals surface area contributed by atoms with Gasteiger partial charge in [-0.15, -0.1) is 0 Å². The lowest BCUT2D eigenvalue weighted by Crippen LogP contribution is -2.28. The molecule has 0 atom stereocenters. The minimum atomic E-state index is 0.881. The smallest absolute Gasteiger partial charge is 0.339 e. The maximum absolute atomic E-state index is 4.72. The van der Waals surface area contributed by atoms with E-state index in [2.05, 4.69) is 82.0 Å². The molecule has 4 aromatic rings. The maximum atomic E-state index is 4.72. The maximum Gasteiger partial charge on any atom is 0.408 e. The van der Waals surface area contributed by atoms with Crippen LogP contribution in [0.15, 0.2) is 70.2 Å². The van der Waals surface area contributed by atoms with Crippen molar-refractivity contribution in [1.82, 2.24) is 4.57 Å². The fourth-order valence-electron chi connectivity index (χ4n) is 3.23. The van der Waals surface area contributed by atoms with Crippen LogP contribution in [-0.4, -0.2) is 4.57 Å². The molecule has 0 bridgehead atoms. The Labute approximate surface area is 157 Å². The normalized spacial score (nSPS) is 11.7. The number of thiazole rings is 1. The monoisotopic (exact) mass is 361 g/mol. The number of hydrogen-bond donors (Lipinski definition) is 0. The van der Waals surface area contributed by atoms with Crippen molar-refractivity contribution in [2.75, 3.05) is 0 Å². The Morgan fingerprint density at radius 1 is 1.00 bits per heavy atom. The minimum Gasteiger partial charge on any atom is -0.339 e. The van der Waals surface area contributed by atoms with Crippen molar-refractivity contribution in [2.24, 2.45) is 17.3 Å². The van der Waals surface area contributed by atoms with E-state index in [4.69, 9.17) is 5.11 Å². The first kappa shape index (κ1) is 16.7. The van der Waals surface area contributed by atoms with Gasteiger partial charge in [-0.1, -0.05) is 48.5 Å². The van der Waals surface area contributed by atoms with E-state index in [0.717, 1.165) is 34.0 Å². The molecule has 0 fully saturated rings. The summed E-state index contributed by atoms with van der Waals surface area (Å²) >= 11 is 1.61. The van der Waals surface area contributed by atoms with Crippen LogP contribution in [0.25, 0.3) is 22.2 Å².